The first kappa shape index (κ1) is 10.5. The van der Waals surface area contributed by atoms with Gasteiger partial charge >= 0.3 is 0 Å². The van der Waals surface area contributed by atoms with Crippen molar-refractivity contribution in [2.24, 2.45) is 0 Å². The predicted molar refractivity (Wildman–Crippen MR) is 65.2 cm³/mol. The number of hydrogen-bond donors (Lipinski definition) is 1. The Kier molecular flexibility index (Phi) is 3.25. The van der Waals surface area contributed by atoms with Crippen molar-refractivity contribution >= 4 is 28.3 Å². The average Bonchev–Trinajstić information content (AvgIpc) is 2.64. The third-order valence-corrected chi connectivity index (χ3v) is 2.52. The molecule has 1 aromatic heterocycles. The molecular weight excluding hydrogens is 308 g/mol. The molecule has 1 aromatic carbocycles. The highest BCUT2D eigenvalue weighted by atomic mass is 127. The second-order valence-corrected chi connectivity index (χ2v) is 4.13. The molecule has 0 atom stereocenters. The summed E-state index contributed by atoms with van der Waals surface area (Å²) in [7, 11) is 0. The normalized spacial score (nSPS) is 10.3. The third-order valence-electron chi connectivity index (χ3n) is 1.94. The molecule has 1 heterocycles. The Hall–Kier alpha value is -1.04. The van der Waals surface area contributed by atoms with E-state index in [1.807, 2.05) is 12.1 Å². The van der Waals surface area contributed by atoms with Gasteiger partial charge in [0, 0.05) is 5.69 Å². The zero-order chi connectivity index (χ0) is 10.7. The van der Waals surface area contributed by atoms with Gasteiger partial charge in [-0.25, -0.2) is 4.39 Å². The van der Waals surface area contributed by atoms with Crippen molar-refractivity contribution < 1.29 is 8.81 Å². The molecule has 4 heteroatoms. The van der Waals surface area contributed by atoms with Gasteiger partial charge in [0.2, 0.25) is 0 Å². The lowest BCUT2D eigenvalue weighted by Gasteiger charge is -2.03. The van der Waals surface area contributed by atoms with E-state index in [9.17, 15) is 4.39 Å². The number of hydrogen-bond acceptors (Lipinski definition) is 2. The van der Waals surface area contributed by atoms with Crippen LogP contribution in [0.15, 0.2) is 40.8 Å². The first-order chi connectivity index (χ1) is 7.24. The van der Waals surface area contributed by atoms with Gasteiger partial charge in [0.25, 0.3) is 0 Å². The van der Waals surface area contributed by atoms with Crippen LogP contribution in [-0.4, -0.2) is 0 Å². The standard InChI is InChI=1S/C11H9FINO/c12-8-1-3-9(4-2-8)14-7-10-5-6-11(13)15-10/h1-6,14H,7H2. The molecule has 0 amide bonds. The highest BCUT2D eigenvalue weighted by molar-refractivity contribution is 14.1. The largest absolute Gasteiger partial charge is 0.454 e. The van der Waals surface area contributed by atoms with Crippen LogP contribution in [0.3, 0.4) is 0 Å². The number of halogens is 2. The molecular formula is C11H9FINO. The van der Waals surface area contributed by atoms with Crippen molar-refractivity contribution in [1.29, 1.82) is 0 Å². The van der Waals surface area contributed by atoms with Gasteiger partial charge in [-0.05, 0) is 59.0 Å². The molecule has 0 spiro atoms. The van der Waals surface area contributed by atoms with Crippen LogP contribution < -0.4 is 5.32 Å². The summed E-state index contributed by atoms with van der Waals surface area (Å²) in [6.45, 7) is 0.606. The van der Waals surface area contributed by atoms with E-state index in [4.69, 9.17) is 4.42 Å². The molecule has 0 fully saturated rings. The Morgan fingerprint density at radius 1 is 1.13 bits per heavy atom. The third kappa shape index (κ3) is 2.95. The molecule has 2 nitrogen and oxygen atoms in total. The lowest BCUT2D eigenvalue weighted by atomic mass is 10.3. The van der Waals surface area contributed by atoms with Gasteiger partial charge < -0.3 is 9.73 Å². The zero-order valence-electron chi connectivity index (χ0n) is 7.84. The van der Waals surface area contributed by atoms with Gasteiger partial charge in [-0.2, -0.15) is 0 Å². The SMILES string of the molecule is Fc1ccc(NCc2ccc(I)o2)cc1. The summed E-state index contributed by atoms with van der Waals surface area (Å²) in [5.74, 6) is 0.636. The monoisotopic (exact) mass is 317 g/mol. The fourth-order valence-corrected chi connectivity index (χ4v) is 1.67. The number of benzene rings is 1. The van der Waals surface area contributed by atoms with Crippen LogP contribution in [0, 0.1) is 9.58 Å². The van der Waals surface area contributed by atoms with Crippen LogP contribution in [0.4, 0.5) is 10.1 Å². The summed E-state index contributed by atoms with van der Waals surface area (Å²) in [4.78, 5) is 0. The number of rotatable bonds is 3. The van der Waals surface area contributed by atoms with Gasteiger partial charge in [0.15, 0.2) is 3.77 Å². The Labute approximate surface area is 101 Å². The molecule has 0 saturated carbocycles. The van der Waals surface area contributed by atoms with Crippen LogP contribution in [0.2, 0.25) is 0 Å². The predicted octanol–water partition coefficient (Wildman–Crippen LogP) is 3.64. The highest BCUT2D eigenvalue weighted by Gasteiger charge is 1.99. The molecule has 0 radical (unpaired) electrons. The maximum absolute atomic E-state index is 12.6. The molecule has 0 bridgehead atoms. The van der Waals surface area contributed by atoms with Crippen molar-refractivity contribution in [2.45, 2.75) is 6.54 Å². The van der Waals surface area contributed by atoms with Gasteiger partial charge in [-0.3, -0.25) is 0 Å². The van der Waals surface area contributed by atoms with E-state index in [0.717, 1.165) is 15.2 Å². The van der Waals surface area contributed by atoms with Crippen LogP contribution in [0.1, 0.15) is 5.76 Å². The quantitative estimate of drug-likeness (QED) is 0.875. The average molecular weight is 317 g/mol. The van der Waals surface area contributed by atoms with E-state index in [1.54, 1.807) is 12.1 Å². The van der Waals surface area contributed by atoms with Crippen molar-refractivity contribution in [3.05, 3.63) is 51.7 Å². The summed E-state index contributed by atoms with van der Waals surface area (Å²) in [5, 5.41) is 3.14. The maximum Gasteiger partial charge on any atom is 0.164 e. The molecule has 2 aromatic rings. The van der Waals surface area contributed by atoms with Gasteiger partial charge in [-0.1, -0.05) is 0 Å². The van der Waals surface area contributed by atoms with Gasteiger partial charge in [-0.15, -0.1) is 0 Å². The molecule has 0 aliphatic rings. The van der Waals surface area contributed by atoms with Crippen LogP contribution in [0.5, 0.6) is 0 Å². The molecule has 2 rings (SSSR count). The van der Waals surface area contributed by atoms with Crippen molar-refractivity contribution in [1.82, 2.24) is 0 Å². The summed E-state index contributed by atoms with van der Waals surface area (Å²) in [6, 6.07) is 10.1. The molecule has 0 unspecified atom stereocenters. The fraction of sp³-hybridized carbons (Fsp3) is 0.0909. The minimum Gasteiger partial charge on any atom is -0.454 e. The van der Waals surface area contributed by atoms with Crippen molar-refractivity contribution in [3.63, 3.8) is 0 Å². The van der Waals surface area contributed by atoms with E-state index in [2.05, 4.69) is 27.9 Å². The van der Waals surface area contributed by atoms with Crippen LogP contribution >= 0.6 is 22.6 Å². The topological polar surface area (TPSA) is 25.2 Å². The smallest absolute Gasteiger partial charge is 0.164 e. The Balaban J connectivity index is 1.96. The first-order valence-corrected chi connectivity index (χ1v) is 5.55. The molecule has 0 aliphatic heterocycles. The second kappa shape index (κ2) is 4.65. The Morgan fingerprint density at radius 3 is 2.47 bits per heavy atom. The summed E-state index contributed by atoms with van der Waals surface area (Å²) >= 11 is 2.12. The van der Waals surface area contributed by atoms with Crippen LogP contribution in [0.25, 0.3) is 0 Å². The van der Waals surface area contributed by atoms with Crippen molar-refractivity contribution in [2.75, 3.05) is 5.32 Å². The highest BCUT2D eigenvalue weighted by Crippen LogP contribution is 2.13. The minimum atomic E-state index is -0.229. The minimum absolute atomic E-state index is 0.229. The molecule has 0 saturated heterocycles. The fourth-order valence-electron chi connectivity index (χ4n) is 1.20. The Bertz CT molecular complexity index is 438. The molecule has 1 N–H and O–H groups in total. The molecule has 0 aliphatic carbocycles. The van der Waals surface area contributed by atoms with Crippen molar-refractivity contribution in [3.8, 4) is 0 Å². The lowest BCUT2D eigenvalue weighted by molar-refractivity contribution is 0.493. The maximum atomic E-state index is 12.6. The number of anilines is 1. The van der Waals surface area contributed by atoms with Crippen LogP contribution in [-0.2, 0) is 6.54 Å². The summed E-state index contributed by atoms with van der Waals surface area (Å²) in [6.07, 6.45) is 0. The van der Waals surface area contributed by atoms with E-state index in [1.165, 1.54) is 12.1 Å². The number of furan rings is 1. The molecule has 15 heavy (non-hydrogen) atoms. The molecule has 78 valence electrons. The summed E-state index contributed by atoms with van der Waals surface area (Å²) < 4.78 is 18.8. The zero-order valence-corrected chi connectivity index (χ0v) is 9.99. The van der Waals surface area contributed by atoms with E-state index in [0.29, 0.717) is 6.54 Å². The first-order valence-electron chi connectivity index (χ1n) is 4.48. The lowest BCUT2D eigenvalue weighted by Crippen LogP contribution is -1.97. The Morgan fingerprint density at radius 2 is 1.87 bits per heavy atom. The van der Waals surface area contributed by atoms with Gasteiger partial charge in [0.1, 0.15) is 11.6 Å². The van der Waals surface area contributed by atoms with Gasteiger partial charge in [0.05, 0.1) is 6.54 Å². The number of nitrogens with one attached hydrogen (secondary N) is 1. The van der Waals surface area contributed by atoms with E-state index >= 15 is 0 Å². The van der Waals surface area contributed by atoms with E-state index in [-0.39, 0.29) is 5.82 Å². The van der Waals surface area contributed by atoms with E-state index < -0.39 is 0 Å². The second-order valence-electron chi connectivity index (χ2n) is 3.07. The summed E-state index contributed by atoms with van der Waals surface area (Å²) in [5.41, 5.74) is 0.878.